The van der Waals surface area contributed by atoms with Gasteiger partial charge in [-0.25, -0.2) is 4.99 Å². The van der Waals surface area contributed by atoms with Crippen molar-refractivity contribution in [2.75, 3.05) is 0 Å². The Morgan fingerprint density at radius 1 is 0.507 bits per heavy atom. The van der Waals surface area contributed by atoms with Gasteiger partial charge in [0.1, 0.15) is 5.84 Å². The molecule has 6 heteroatoms. The first kappa shape index (κ1) is 41.0. The number of nitrogens with zero attached hydrogens (tertiary/aromatic N) is 5. The summed E-state index contributed by atoms with van der Waals surface area (Å²) < 4.78 is 7.58. The zero-order valence-corrected chi connectivity index (χ0v) is 38.7. The van der Waals surface area contributed by atoms with Crippen molar-refractivity contribution in [1.29, 1.82) is 0 Å². The first-order chi connectivity index (χ1) is 34.2. The zero-order valence-electron chi connectivity index (χ0n) is 38.7. The molecule has 0 atom stereocenters. The van der Waals surface area contributed by atoms with Crippen LogP contribution in [0.2, 0.25) is 0 Å². The highest BCUT2D eigenvalue weighted by molar-refractivity contribution is 6.13. The molecule has 0 fully saturated rings. The Kier molecular flexibility index (Phi) is 10.2. The second-order valence-corrected chi connectivity index (χ2v) is 18.8. The van der Waals surface area contributed by atoms with Crippen molar-refractivity contribution in [1.82, 2.24) is 13.7 Å². The van der Waals surface area contributed by atoms with Crippen LogP contribution in [0.25, 0.3) is 73.0 Å². The van der Waals surface area contributed by atoms with Crippen LogP contribution in [-0.2, 0) is 32.2 Å². The third-order valence-corrected chi connectivity index (χ3v) is 14.7. The van der Waals surface area contributed by atoms with Crippen molar-refractivity contribution >= 4 is 56.5 Å². The van der Waals surface area contributed by atoms with E-state index in [1.54, 1.807) is 11.1 Å². The molecule has 0 spiro atoms. The van der Waals surface area contributed by atoms with Gasteiger partial charge in [-0.2, -0.15) is 0 Å². The number of hydrogen-bond acceptors (Lipinski definition) is 1. The molecule has 3 aromatic heterocycles. The van der Waals surface area contributed by atoms with E-state index in [1.165, 1.54) is 80.3 Å². The highest BCUT2D eigenvalue weighted by Crippen LogP contribution is 2.42. The molecule has 3 aliphatic carbocycles. The lowest BCUT2D eigenvalue weighted by Gasteiger charge is -2.19. The Morgan fingerprint density at radius 2 is 1.23 bits per heavy atom. The zero-order chi connectivity index (χ0) is 45.8. The second kappa shape index (κ2) is 17.1. The van der Waals surface area contributed by atoms with E-state index in [1.807, 2.05) is 36.4 Å². The molecule has 3 aliphatic rings. The molecule has 0 bridgehead atoms. The van der Waals surface area contributed by atoms with Gasteiger partial charge in [-0.05, 0) is 122 Å². The van der Waals surface area contributed by atoms with Crippen LogP contribution in [0.1, 0.15) is 76.1 Å². The summed E-state index contributed by atoms with van der Waals surface area (Å²) in [5.41, 5.74) is 27.6. The highest BCUT2D eigenvalue weighted by Gasteiger charge is 2.27. The summed E-state index contributed by atoms with van der Waals surface area (Å²) in [5.74, 6) is 1.02. The van der Waals surface area contributed by atoms with Crippen LogP contribution in [0, 0.1) is 0 Å². The van der Waals surface area contributed by atoms with E-state index in [9.17, 15) is 0 Å². The summed E-state index contributed by atoms with van der Waals surface area (Å²) in [6.07, 6.45) is 18.4. The van der Waals surface area contributed by atoms with Crippen molar-refractivity contribution in [2.24, 2.45) is 15.7 Å². The molecule has 10 aromatic rings. The van der Waals surface area contributed by atoms with Gasteiger partial charge in [0.05, 0.1) is 28.8 Å². The maximum Gasteiger partial charge on any atom is 0.157 e. The molecule has 69 heavy (non-hydrogen) atoms. The highest BCUT2D eigenvalue weighted by atomic mass is 15.0. The van der Waals surface area contributed by atoms with Crippen LogP contribution in [-0.4, -0.2) is 25.4 Å². The number of amidine groups is 2. The van der Waals surface area contributed by atoms with Crippen LogP contribution >= 0.6 is 0 Å². The number of aliphatic imine (C=N–C) groups is 2. The van der Waals surface area contributed by atoms with E-state index in [0.717, 1.165) is 71.3 Å². The minimum Gasteiger partial charge on any atom is -0.383 e. The van der Waals surface area contributed by atoms with Crippen LogP contribution < -0.4 is 5.73 Å². The molecule has 6 nitrogen and oxygen atoms in total. The van der Waals surface area contributed by atoms with Gasteiger partial charge in [-0.3, -0.25) is 4.99 Å². The first-order valence-electron chi connectivity index (χ1n) is 24.6. The number of rotatable bonds is 8. The summed E-state index contributed by atoms with van der Waals surface area (Å²) >= 11 is 0. The summed E-state index contributed by atoms with van der Waals surface area (Å²) in [5, 5.41) is 3.73. The molecule has 0 aliphatic heterocycles. The van der Waals surface area contributed by atoms with Crippen molar-refractivity contribution in [2.45, 2.75) is 57.9 Å². The van der Waals surface area contributed by atoms with Crippen molar-refractivity contribution < 1.29 is 0 Å². The number of allylic oxidation sites excluding steroid dienone is 2. The van der Waals surface area contributed by atoms with E-state index >= 15 is 0 Å². The maximum atomic E-state index is 6.81. The van der Waals surface area contributed by atoms with E-state index in [2.05, 4.69) is 171 Å². The fourth-order valence-corrected chi connectivity index (χ4v) is 11.5. The Labute approximate surface area is 402 Å². The average molecular weight is 893 g/mol. The summed E-state index contributed by atoms with van der Waals surface area (Å²) in [6, 6.07) is 61.1. The van der Waals surface area contributed by atoms with Crippen LogP contribution in [0.4, 0.5) is 0 Å². The monoisotopic (exact) mass is 892 g/mol. The Hall–Kier alpha value is -8.22. The largest absolute Gasteiger partial charge is 0.383 e. The van der Waals surface area contributed by atoms with Gasteiger partial charge in [0.25, 0.3) is 0 Å². The van der Waals surface area contributed by atoms with E-state index in [-0.39, 0.29) is 0 Å². The fourth-order valence-electron chi connectivity index (χ4n) is 11.5. The van der Waals surface area contributed by atoms with Crippen molar-refractivity contribution in [3.05, 3.63) is 232 Å². The number of benzene rings is 7. The van der Waals surface area contributed by atoms with Crippen molar-refractivity contribution in [3.8, 4) is 28.2 Å². The van der Waals surface area contributed by atoms with Gasteiger partial charge in [-0.15, -0.1) is 0 Å². The number of fused-ring (bicyclic) bond motifs is 9. The van der Waals surface area contributed by atoms with E-state index in [4.69, 9.17) is 15.7 Å². The minimum absolute atomic E-state index is 0.428. The lowest BCUT2D eigenvalue weighted by Crippen LogP contribution is -2.16. The van der Waals surface area contributed by atoms with Gasteiger partial charge < -0.3 is 19.4 Å². The summed E-state index contributed by atoms with van der Waals surface area (Å²) in [4.78, 5) is 10.3. The van der Waals surface area contributed by atoms with E-state index < -0.39 is 0 Å². The third kappa shape index (κ3) is 7.09. The molecule has 0 unspecified atom stereocenters. The number of nitrogens with two attached hydrogens (primary N) is 1. The molecule has 0 radical (unpaired) electrons. The van der Waals surface area contributed by atoms with E-state index in [0.29, 0.717) is 18.2 Å². The topological polar surface area (TPSA) is 65.5 Å². The molecule has 334 valence electrons. The number of hydrogen-bond donors (Lipinski definition) is 1. The normalized spacial score (nSPS) is 14.7. The quantitative estimate of drug-likeness (QED) is 0.120. The van der Waals surface area contributed by atoms with Gasteiger partial charge in [0, 0.05) is 66.9 Å². The smallest absolute Gasteiger partial charge is 0.157 e. The molecule has 2 N–H and O–H groups in total. The molecular weight excluding hydrogens is 841 g/mol. The Morgan fingerprint density at radius 3 is 2.09 bits per heavy atom. The summed E-state index contributed by atoms with van der Waals surface area (Å²) in [6.45, 7) is 0.472. The van der Waals surface area contributed by atoms with Crippen LogP contribution in [0.3, 0.4) is 0 Å². The minimum atomic E-state index is 0.428. The van der Waals surface area contributed by atoms with Gasteiger partial charge >= 0.3 is 0 Å². The SMILES string of the molecule is NC(=NC(=NCc1ccccc1)c1ccc(-c2ccc3c4ccc(-n5c6c(c7c5CCCC7)CCC=C6)cc4n(-c4ccccc4)c3c2)c(-n2c3c(c4ccccc42)C=CCC3)c1)c1ccccc1. The predicted octanol–water partition coefficient (Wildman–Crippen LogP) is 14.3. The molecule has 0 saturated carbocycles. The molecule has 7 aromatic carbocycles. The molecule has 3 heterocycles. The predicted molar refractivity (Wildman–Crippen MR) is 288 cm³/mol. The maximum absolute atomic E-state index is 6.81. The van der Waals surface area contributed by atoms with Crippen LogP contribution in [0.15, 0.2) is 192 Å². The number of para-hydroxylation sites is 2. The fraction of sp³-hybridized carbons (Fsp3) is 0.143. The number of aromatic nitrogens is 3. The van der Waals surface area contributed by atoms with Gasteiger partial charge in [0.15, 0.2) is 5.84 Å². The Balaban J connectivity index is 1.04. The molecule has 13 rings (SSSR count). The average Bonchev–Trinajstić information content (AvgIpc) is 4.05. The first-order valence-corrected chi connectivity index (χ1v) is 24.6. The Bertz CT molecular complexity index is 3740. The van der Waals surface area contributed by atoms with Crippen molar-refractivity contribution in [3.63, 3.8) is 0 Å². The van der Waals surface area contributed by atoms with Crippen LogP contribution in [0.5, 0.6) is 0 Å². The molecule has 0 amide bonds. The second-order valence-electron chi connectivity index (χ2n) is 18.8. The summed E-state index contributed by atoms with van der Waals surface area (Å²) in [7, 11) is 0. The third-order valence-electron chi connectivity index (χ3n) is 14.7. The molecule has 0 saturated heterocycles. The molecular formula is C63H52N6. The van der Waals surface area contributed by atoms with Gasteiger partial charge in [-0.1, -0.05) is 146 Å². The lowest BCUT2D eigenvalue weighted by atomic mass is 9.91. The standard InChI is InChI=1S/C63H52N6/c64-62(43-20-6-2-7-21-43)66-63(65-41-42-18-4-1-5-19-42)45-33-35-48(59(39-45)69-57-30-16-12-26-51(57)52-27-13-17-31-58(52)69)44-32-36-53-54-37-34-47(40-61(54)67(60(53)38-44)46-22-8-3-9-23-46)68-55-28-14-10-24-49(55)50-25-11-15-29-56(50)68/h1-9,12-14,16,18-23,26-28,30,32-40H,10-11,15,17,24-25,29,31,41H2,(H2,64,65,66). The van der Waals surface area contributed by atoms with Gasteiger partial charge in [0.2, 0.25) is 0 Å². The lowest BCUT2D eigenvalue weighted by molar-refractivity contribution is 0.660.